The standard InChI is InChI=1S/C15H20N2O3/c1-15(2)6-7-16-13-11(15)4-3-5-12(13)17(14(16)20)8-10(19)9-18/h3-5,10,18-19H,6-9H2,1-2H3. The van der Waals surface area contributed by atoms with Crippen LogP contribution in [0.15, 0.2) is 23.0 Å². The summed E-state index contributed by atoms with van der Waals surface area (Å²) in [6, 6.07) is 5.93. The first-order chi connectivity index (χ1) is 9.45. The van der Waals surface area contributed by atoms with Gasteiger partial charge in [-0.05, 0) is 23.5 Å². The van der Waals surface area contributed by atoms with Gasteiger partial charge in [0, 0.05) is 6.54 Å². The number of benzene rings is 1. The summed E-state index contributed by atoms with van der Waals surface area (Å²) < 4.78 is 3.36. The maximum Gasteiger partial charge on any atom is 0.329 e. The first-order valence-corrected chi connectivity index (χ1v) is 6.97. The largest absolute Gasteiger partial charge is 0.394 e. The van der Waals surface area contributed by atoms with E-state index in [4.69, 9.17) is 5.11 Å². The molecule has 0 saturated carbocycles. The van der Waals surface area contributed by atoms with E-state index in [-0.39, 0.29) is 24.3 Å². The molecule has 1 atom stereocenters. The lowest BCUT2D eigenvalue weighted by Crippen LogP contribution is -2.33. The molecule has 0 amide bonds. The molecule has 3 rings (SSSR count). The number of rotatable bonds is 3. The van der Waals surface area contributed by atoms with E-state index in [9.17, 15) is 9.90 Å². The van der Waals surface area contributed by atoms with Crippen LogP contribution in [0.25, 0.3) is 11.0 Å². The van der Waals surface area contributed by atoms with Gasteiger partial charge in [0.1, 0.15) is 0 Å². The molecule has 1 aliphatic rings. The zero-order chi connectivity index (χ0) is 14.5. The number of imidazole rings is 1. The van der Waals surface area contributed by atoms with Crippen molar-refractivity contribution in [2.24, 2.45) is 0 Å². The summed E-state index contributed by atoms with van der Waals surface area (Å²) in [6.45, 7) is 4.86. The van der Waals surface area contributed by atoms with Gasteiger partial charge in [0.15, 0.2) is 0 Å². The topological polar surface area (TPSA) is 67.4 Å². The molecule has 0 spiro atoms. The molecule has 1 unspecified atom stereocenters. The Hall–Kier alpha value is -1.59. The number of hydrogen-bond donors (Lipinski definition) is 2. The van der Waals surface area contributed by atoms with Gasteiger partial charge in [-0.15, -0.1) is 0 Å². The van der Waals surface area contributed by atoms with Gasteiger partial charge < -0.3 is 10.2 Å². The van der Waals surface area contributed by atoms with Crippen LogP contribution in [0, 0.1) is 0 Å². The number of aryl methyl sites for hydroxylation is 1. The van der Waals surface area contributed by atoms with Crippen LogP contribution in [-0.2, 0) is 18.5 Å². The molecule has 1 aliphatic heterocycles. The molecule has 1 aromatic heterocycles. The fraction of sp³-hybridized carbons (Fsp3) is 0.533. The zero-order valence-electron chi connectivity index (χ0n) is 11.8. The molecule has 20 heavy (non-hydrogen) atoms. The average Bonchev–Trinajstić information content (AvgIpc) is 2.69. The van der Waals surface area contributed by atoms with Gasteiger partial charge in [-0.3, -0.25) is 9.13 Å². The molecule has 0 bridgehead atoms. The van der Waals surface area contributed by atoms with Crippen LogP contribution in [0.5, 0.6) is 0 Å². The summed E-state index contributed by atoms with van der Waals surface area (Å²) in [5, 5.41) is 18.6. The number of nitrogens with zero attached hydrogens (tertiary/aromatic N) is 2. The summed E-state index contributed by atoms with van der Waals surface area (Å²) in [5.41, 5.74) is 2.94. The lowest BCUT2D eigenvalue weighted by molar-refractivity contribution is 0.0812. The summed E-state index contributed by atoms with van der Waals surface area (Å²) in [6.07, 6.45) is 0.00940. The predicted octanol–water partition coefficient (Wildman–Crippen LogP) is 0.837. The van der Waals surface area contributed by atoms with Gasteiger partial charge in [0.2, 0.25) is 0 Å². The number of aromatic nitrogens is 2. The molecule has 0 aliphatic carbocycles. The second kappa shape index (κ2) is 4.46. The molecular formula is C15H20N2O3. The van der Waals surface area contributed by atoms with Gasteiger partial charge in [0.25, 0.3) is 0 Å². The number of aliphatic hydroxyl groups excluding tert-OH is 2. The Morgan fingerprint density at radius 2 is 2.15 bits per heavy atom. The number of aliphatic hydroxyl groups is 2. The van der Waals surface area contributed by atoms with Crippen LogP contribution < -0.4 is 5.69 Å². The van der Waals surface area contributed by atoms with Crippen molar-refractivity contribution < 1.29 is 10.2 Å². The molecule has 108 valence electrons. The first-order valence-electron chi connectivity index (χ1n) is 6.97. The van der Waals surface area contributed by atoms with Gasteiger partial charge in [0.05, 0.1) is 30.3 Å². The van der Waals surface area contributed by atoms with Crippen LogP contribution in [-0.4, -0.2) is 32.1 Å². The van der Waals surface area contributed by atoms with E-state index < -0.39 is 6.10 Å². The third-order valence-corrected chi connectivity index (χ3v) is 4.33. The first kappa shape index (κ1) is 13.4. The SMILES string of the molecule is CC1(C)CCn2c(=O)n(CC(O)CO)c3cccc1c32. The molecule has 0 radical (unpaired) electrons. The lowest BCUT2D eigenvalue weighted by atomic mass is 9.79. The lowest BCUT2D eigenvalue weighted by Gasteiger charge is -2.30. The molecule has 2 N–H and O–H groups in total. The fourth-order valence-electron chi connectivity index (χ4n) is 3.10. The van der Waals surface area contributed by atoms with Gasteiger partial charge in [-0.25, -0.2) is 4.79 Å². The quantitative estimate of drug-likeness (QED) is 0.873. The van der Waals surface area contributed by atoms with Crippen molar-refractivity contribution in [3.05, 3.63) is 34.2 Å². The highest BCUT2D eigenvalue weighted by Crippen LogP contribution is 2.36. The summed E-state index contributed by atoms with van der Waals surface area (Å²) >= 11 is 0. The van der Waals surface area contributed by atoms with Crippen LogP contribution >= 0.6 is 0 Å². The van der Waals surface area contributed by atoms with Crippen LogP contribution in [0.4, 0.5) is 0 Å². The number of para-hydroxylation sites is 1. The van der Waals surface area contributed by atoms with Crippen molar-refractivity contribution in [2.45, 2.75) is 44.9 Å². The highest BCUT2D eigenvalue weighted by atomic mass is 16.3. The molecule has 1 aromatic carbocycles. The normalized spacial score (nSPS) is 18.4. The van der Waals surface area contributed by atoms with Crippen molar-refractivity contribution in [3.8, 4) is 0 Å². The Morgan fingerprint density at radius 1 is 1.40 bits per heavy atom. The van der Waals surface area contributed by atoms with E-state index in [0.29, 0.717) is 6.54 Å². The Labute approximate surface area is 117 Å². The van der Waals surface area contributed by atoms with Gasteiger partial charge >= 0.3 is 5.69 Å². The highest BCUT2D eigenvalue weighted by Gasteiger charge is 2.31. The minimum atomic E-state index is -0.913. The average molecular weight is 276 g/mol. The monoisotopic (exact) mass is 276 g/mol. The van der Waals surface area contributed by atoms with E-state index in [1.807, 2.05) is 12.1 Å². The second-order valence-electron chi connectivity index (χ2n) is 6.19. The Bertz CT molecular complexity index is 712. The second-order valence-corrected chi connectivity index (χ2v) is 6.19. The maximum absolute atomic E-state index is 12.5. The smallest absolute Gasteiger partial charge is 0.329 e. The third-order valence-electron chi connectivity index (χ3n) is 4.33. The van der Waals surface area contributed by atoms with E-state index in [1.54, 1.807) is 9.13 Å². The van der Waals surface area contributed by atoms with Gasteiger partial charge in [-0.1, -0.05) is 26.0 Å². The molecule has 0 saturated heterocycles. The van der Waals surface area contributed by atoms with E-state index in [1.165, 1.54) is 5.56 Å². The molecule has 0 fully saturated rings. The minimum absolute atomic E-state index is 0.0493. The van der Waals surface area contributed by atoms with E-state index >= 15 is 0 Å². The van der Waals surface area contributed by atoms with Crippen LogP contribution in [0.2, 0.25) is 0 Å². The maximum atomic E-state index is 12.5. The van der Waals surface area contributed by atoms with Crippen LogP contribution in [0.3, 0.4) is 0 Å². The molecule has 2 aromatic rings. The summed E-state index contributed by atoms with van der Waals surface area (Å²) in [7, 11) is 0. The van der Waals surface area contributed by atoms with Crippen molar-refractivity contribution in [3.63, 3.8) is 0 Å². The molecule has 5 nitrogen and oxygen atoms in total. The summed E-state index contributed by atoms with van der Waals surface area (Å²) in [4.78, 5) is 12.5. The third kappa shape index (κ3) is 1.81. The van der Waals surface area contributed by atoms with E-state index in [2.05, 4.69) is 19.9 Å². The van der Waals surface area contributed by atoms with Crippen molar-refractivity contribution >= 4 is 11.0 Å². The molecule has 2 heterocycles. The zero-order valence-corrected chi connectivity index (χ0v) is 11.8. The van der Waals surface area contributed by atoms with Gasteiger partial charge in [-0.2, -0.15) is 0 Å². The Balaban J connectivity index is 2.28. The molecule has 5 heteroatoms. The van der Waals surface area contributed by atoms with Crippen molar-refractivity contribution in [1.29, 1.82) is 0 Å². The fourth-order valence-corrected chi connectivity index (χ4v) is 3.10. The predicted molar refractivity (Wildman–Crippen MR) is 76.9 cm³/mol. The van der Waals surface area contributed by atoms with E-state index in [0.717, 1.165) is 17.5 Å². The Morgan fingerprint density at radius 3 is 2.85 bits per heavy atom. The summed E-state index contributed by atoms with van der Waals surface area (Å²) in [5.74, 6) is 0. The van der Waals surface area contributed by atoms with Crippen LogP contribution in [0.1, 0.15) is 25.8 Å². The van der Waals surface area contributed by atoms with Crippen molar-refractivity contribution in [1.82, 2.24) is 9.13 Å². The minimum Gasteiger partial charge on any atom is -0.394 e. The van der Waals surface area contributed by atoms with Crippen molar-refractivity contribution in [2.75, 3.05) is 6.61 Å². The Kier molecular flexibility index (Phi) is 2.99. The molecular weight excluding hydrogens is 256 g/mol. The number of hydrogen-bond acceptors (Lipinski definition) is 3. The highest BCUT2D eigenvalue weighted by molar-refractivity contribution is 5.81.